The largest absolute Gasteiger partial charge is 0.492 e. The van der Waals surface area contributed by atoms with Gasteiger partial charge in [-0.05, 0) is 44.0 Å². The van der Waals surface area contributed by atoms with Crippen LogP contribution in [-0.2, 0) is 19.2 Å². The summed E-state index contributed by atoms with van der Waals surface area (Å²) in [5.74, 6) is -1.69. The van der Waals surface area contributed by atoms with Gasteiger partial charge in [-0.3, -0.25) is 19.2 Å². The van der Waals surface area contributed by atoms with Gasteiger partial charge in [0.2, 0.25) is 17.7 Å². The molecule has 0 spiro atoms. The number of carbonyl (C=O) groups is 4. The summed E-state index contributed by atoms with van der Waals surface area (Å²) in [4.78, 5) is 54.1. The fourth-order valence-corrected chi connectivity index (χ4v) is 5.00. The lowest BCUT2D eigenvalue weighted by molar-refractivity contribution is -0.139. The minimum Gasteiger partial charge on any atom is -0.492 e. The molecule has 2 aromatic carbocycles. The molecule has 2 aliphatic heterocycles. The fraction of sp³-hybridized carbons (Fsp3) is 0.333. The number of nitrogens with zero attached hydrogens (tertiary/aromatic N) is 2. The fourth-order valence-electron chi connectivity index (χ4n) is 5.00. The van der Waals surface area contributed by atoms with Crippen LogP contribution >= 0.6 is 0 Å². The Hall–Kier alpha value is -3.94. The van der Waals surface area contributed by atoms with Crippen molar-refractivity contribution in [2.75, 3.05) is 23.0 Å². The van der Waals surface area contributed by atoms with Crippen LogP contribution in [0.5, 0.6) is 11.5 Å². The Labute approximate surface area is 203 Å². The number of allylic oxidation sites excluding steroid dienone is 2. The van der Waals surface area contributed by atoms with Gasteiger partial charge >= 0.3 is 5.97 Å². The van der Waals surface area contributed by atoms with Gasteiger partial charge in [-0.15, -0.1) is 0 Å². The van der Waals surface area contributed by atoms with Crippen molar-refractivity contribution in [2.45, 2.75) is 26.2 Å². The summed E-state index contributed by atoms with van der Waals surface area (Å²) >= 11 is 0. The van der Waals surface area contributed by atoms with E-state index in [9.17, 15) is 19.2 Å². The first-order valence-electron chi connectivity index (χ1n) is 11.8. The summed E-state index contributed by atoms with van der Waals surface area (Å²) < 4.78 is 11.2. The highest BCUT2D eigenvalue weighted by Crippen LogP contribution is 2.39. The second-order valence-electron chi connectivity index (χ2n) is 8.89. The molecule has 2 heterocycles. The maximum absolute atomic E-state index is 12.9. The molecule has 0 radical (unpaired) electrons. The number of hydrogen-bond acceptors (Lipinski definition) is 6. The maximum Gasteiger partial charge on any atom is 0.316 e. The zero-order valence-electron chi connectivity index (χ0n) is 19.4. The van der Waals surface area contributed by atoms with Gasteiger partial charge < -0.3 is 14.4 Å². The standard InChI is InChI=1S/C27H26N2O6/c1-2-34-23-13-6-5-12-22(23)28-16-17(14-24(28)30)27(33)35-19-9-7-8-18(15-19)29-25(31)20-10-3-4-11-21(20)26(29)32/h3-9,12-13,15,17,20-21H,2,10-11,14,16H2,1H3/t17-,20-,21+/m0/s1. The number of hydrogen-bond donors (Lipinski definition) is 0. The van der Waals surface area contributed by atoms with Gasteiger partial charge in [0, 0.05) is 19.0 Å². The molecule has 0 unspecified atom stereocenters. The molecular weight excluding hydrogens is 448 g/mol. The molecule has 0 aromatic heterocycles. The second-order valence-corrected chi connectivity index (χ2v) is 8.89. The predicted octanol–water partition coefficient (Wildman–Crippen LogP) is 3.50. The van der Waals surface area contributed by atoms with Crippen LogP contribution in [0.15, 0.2) is 60.7 Å². The number of esters is 1. The molecule has 3 atom stereocenters. The molecule has 2 aromatic rings. The van der Waals surface area contributed by atoms with Gasteiger partial charge in [0.1, 0.15) is 11.5 Å². The molecule has 3 aliphatic rings. The first kappa shape index (κ1) is 22.8. The first-order chi connectivity index (χ1) is 17.0. The summed E-state index contributed by atoms with van der Waals surface area (Å²) in [6, 6.07) is 13.6. The van der Waals surface area contributed by atoms with Gasteiger partial charge in [-0.1, -0.05) is 30.4 Å². The Balaban J connectivity index is 1.29. The van der Waals surface area contributed by atoms with Crippen LogP contribution in [0.3, 0.4) is 0 Å². The Morgan fingerprint density at radius 2 is 1.69 bits per heavy atom. The highest BCUT2D eigenvalue weighted by atomic mass is 16.5. The zero-order chi connectivity index (χ0) is 24.5. The average Bonchev–Trinajstić information content (AvgIpc) is 3.37. The van der Waals surface area contributed by atoms with Crippen LogP contribution in [-0.4, -0.2) is 36.8 Å². The van der Waals surface area contributed by atoms with Crippen molar-refractivity contribution in [3.05, 3.63) is 60.7 Å². The highest BCUT2D eigenvalue weighted by Gasteiger charge is 2.48. The van der Waals surface area contributed by atoms with Crippen LogP contribution in [0.4, 0.5) is 11.4 Å². The number of carbonyl (C=O) groups excluding carboxylic acids is 4. The van der Waals surface area contributed by atoms with Gasteiger partial charge in [-0.2, -0.15) is 0 Å². The molecule has 0 N–H and O–H groups in total. The lowest BCUT2D eigenvalue weighted by Crippen LogP contribution is -2.31. The number of amides is 3. The first-order valence-corrected chi connectivity index (χ1v) is 11.8. The lowest BCUT2D eigenvalue weighted by atomic mass is 9.85. The van der Waals surface area contributed by atoms with Crippen molar-refractivity contribution in [1.82, 2.24) is 0 Å². The van der Waals surface area contributed by atoms with Crippen molar-refractivity contribution in [3.8, 4) is 11.5 Å². The van der Waals surface area contributed by atoms with Crippen molar-refractivity contribution >= 4 is 35.1 Å². The summed E-state index contributed by atoms with van der Waals surface area (Å²) in [5, 5.41) is 0. The van der Waals surface area contributed by atoms with Crippen LogP contribution in [0, 0.1) is 17.8 Å². The number of para-hydroxylation sites is 2. The molecule has 0 saturated carbocycles. The van der Waals surface area contributed by atoms with Crippen molar-refractivity contribution in [2.24, 2.45) is 17.8 Å². The van der Waals surface area contributed by atoms with Gasteiger partial charge in [0.05, 0.1) is 35.7 Å². The monoisotopic (exact) mass is 474 g/mol. The van der Waals surface area contributed by atoms with Crippen LogP contribution in [0.2, 0.25) is 0 Å². The summed E-state index contributed by atoms with van der Waals surface area (Å²) in [7, 11) is 0. The van der Waals surface area contributed by atoms with Gasteiger partial charge in [0.25, 0.3) is 0 Å². The number of imide groups is 1. The number of benzene rings is 2. The quantitative estimate of drug-likeness (QED) is 0.275. The minimum absolute atomic E-state index is 0.0262. The molecule has 1 aliphatic carbocycles. The molecule has 35 heavy (non-hydrogen) atoms. The molecule has 180 valence electrons. The Morgan fingerprint density at radius 1 is 0.971 bits per heavy atom. The molecule has 2 saturated heterocycles. The lowest BCUT2D eigenvalue weighted by Gasteiger charge is -2.20. The normalized spacial score (nSPS) is 23.6. The zero-order valence-corrected chi connectivity index (χ0v) is 19.4. The summed E-state index contributed by atoms with van der Waals surface area (Å²) in [6.07, 6.45) is 5.01. The topological polar surface area (TPSA) is 93.2 Å². The smallest absolute Gasteiger partial charge is 0.316 e. The van der Waals surface area contributed by atoms with E-state index in [4.69, 9.17) is 9.47 Å². The molecule has 8 nitrogen and oxygen atoms in total. The average molecular weight is 475 g/mol. The minimum atomic E-state index is -0.648. The van der Waals surface area contributed by atoms with Crippen molar-refractivity contribution in [1.29, 1.82) is 0 Å². The van der Waals surface area contributed by atoms with E-state index in [1.807, 2.05) is 31.2 Å². The van der Waals surface area contributed by atoms with Crippen LogP contribution in [0.25, 0.3) is 0 Å². The molecule has 3 amide bonds. The van der Waals surface area contributed by atoms with Crippen LogP contribution < -0.4 is 19.3 Å². The third kappa shape index (κ3) is 4.20. The number of ether oxygens (including phenoxy) is 2. The van der Waals surface area contributed by atoms with Crippen LogP contribution in [0.1, 0.15) is 26.2 Å². The van der Waals surface area contributed by atoms with Crippen molar-refractivity contribution in [3.63, 3.8) is 0 Å². The molecule has 8 heteroatoms. The van der Waals surface area contributed by atoms with E-state index < -0.39 is 11.9 Å². The third-order valence-corrected chi connectivity index (χ3v) is 6.72. The predicted molar refractivity (Wildman–Crippen MR) is 128 cm³/mol. The summed E-state index contributed by atoms with van der Waals surface area (Å²) in [5.41, 5.74) is 1.01. The van der Waals surface area contributed by atoms with Gasteiger partial charge in [-0.25, -0.2) is 4.90 Å². The molecule has 5 rings (SSSR count). The number of rotatable bonds is 6. The van der Waals surface area contributed by atoms with E-state index in [1.54, 1.807) is 35.2 Å². The van der Waals surface area contributed by atoms with E-state index in [-0.39, 0.29) is 48.3 Å². The van der Waals surface area contributed by atoms with E-state index in [2.05, 4.69) is 0 Å². The van der Waals surface area contributed by atoms with E-state index in [1.165, 1.54) is 11.0 Å². The van der Waals surface area contributed by atoms with E-state index in [0.717, 1.165) is 0 Å². The SMILES string of the molecule is CCOc1ccccc1N1C[C@@H](C(=O)Oc2cccc(N3C(=O)[C@H]4CC=CC[C@H]4C3=O)c2)CC1=O. The summed E-state index contributed by atoms with van der Waals surface area (Å²) in [6.45, 7) is 2.51. The van der Waals surface area contributed by atoms with Crippen molar-refractivity contribution < 1.29 is 28.7 Å². The highest BCUT2D eigenvalue weighted by molar-refractivity contribution is 6.22. The number of anilines is 2. The van der Waals surface area contributed by atoms with E-state index >= 15 is 0 Å². The Kier molecular flexibility index (Phi) is 6.11. The molecule has 2 fully saturated rings. The maximum atomic E-state index is 12.9. The van der Waals surface area contributed by atoms with E-state index in [0.29, 0.717) is 36.6 Å². The van der Waals surface area contributed by atoms with Gasteiger partial charge in [0.15, 0.2) is 0 Å². The molecule has 0 bridgehead atoms. The molecular formula is C27H26N2O6. The second kappa shape index (κ2) is 9.37. The Bertz CT molecular complexity index is 1200. The third-order valence-electron chi connectivity index (χ3n) is 6.72. The Morgan fingerprint density at radius 3 is 2.40 bits per heavy atom. The number of fused-ring (bicyclic) bond motifs is 1.